The van der Waals surface area contributed by atoms with Crippen molar-refractivity contribution in [3.63, 3.8) is 0 Å². The Kier molecular flexibility index (Phi) is 7.76. The minimum absolute atomic E-state index is 0.00625. The first-order chi connectivity index (χ1) is 20.6. The number of nitrogens with zero attached hydrogens (tertiary/aromatic N) is 5. The lowest BCUT2D eigenvalue weighted by atomic mass is 10.1. The average Bonchev–Trinajstić information content (AvgIpc) is 3.71. The summed E-state index contributed by atoms with van der Waals surface area (Å²) in [4.78, 5) is 42.1. The van der Waals surface area contributed by atoms with Gasteiger partial charge >= 0.3 is 12.1 Å². The number of nitrogens with one attached hydrogen (secondary N) is 1. The fraction of sp³-hybridized carbons (Fsp3) is 0.500. The van der Waals surface area contributed by atoms with Crippen molar-refractivity contribution in [1.29, 1.82) is 0 Å². The SMILES string of the molecule is COc1cc(NC(=O)c2cc(N3C[C@@H]4C[C@H]3CN4C(=O)OC(C)(C)C)nc(OC[C@@H]3CCCN3C)n2)c2ccccc2c1. The van der Waals surface area contributed by atoms with Crippen molar-refractivity contribution < 1.29 is 23.8 Å². The van der Waals surface area contributed by atoms with Gasteiger partial charge < -0.3 is 34.2 Å². The van der Waals surface area contributed by atoms with Gasteiger partial charge in [0.2, 0.25) is 0 Å². The molecule has 11 heteroatoms. The summed E-state index contributed by atoms with van der Waals surface area (Å²) >= 11 is 0. The molecule has 0 spiro atoms. The Morgan fingerprint density at radius 1 is 1.07 bits per heavy atom. The summed E-state index contributed by atoms with van der Waals surface area (Å²) in [7, 11) is 3.69. The van der Waals surface area contributed by atoms with Crippen LogP contribution in [0.3, 0.4) is 0 Å². The molecule has 6 rings (SSSR count). The summed E-state index contributed by atoms with van der Waals surface area (Å²) in [5.41, 5.74) is 0.281. The molecule has 0 saturated carbocycles. The standard InChI is InChI=1S/C32H40N6O5/c1-32(2,3)43-31(40)38-18-22-14-23(38)17-37(22)28-16-27(34-30(35-28)42-19-21-10-8-12-36(21)4)29(39)33-26-15-24(41-5)13-20-9-6-7-11-25(20)26/h6-7,9,11,13,15-16,21-23H,8,10,12,14,17-19H2,1-5H3,(H,33,39)/t21-,22-,23-/m0/s1. The normalized spacial score (nSPS) is 21.8. The van der Waals surface area contributed by atoms with Crippen LogP contribution in [0.2, 0.25) is 0 Å². The van der Waals surface area contributed by atoms with Crippen LogP contribution in [-0.4, -0.2) is 95.9 Å². The summed E-state index contributed by atoms with van der Waals surface area (Å²) in [5.74, 6) is 0.885. The highest BCUT2D eigenvalue weighted by atomic mass is 16.6. The number of hydrogen-bond acceptors (Lipinski definition) is 9. The Bertz CT molecular complexity index is 1520. The molecular weight excluding hydrogens is 548 g/mol. The Morgan fingerprint density at radius 3 is 2.58 bits per heavy atom. The van der Waals surface area contributed by atoms with Crippen molar-refractivity contribution in [3.05, 3.63) is 48.2 Å². The van der Waals surface area contributed by atoms with E-state index in [-0.39, 0.29) is 41.8 Å². The predicted molar refractivity (Wildman–Crippen MR) is 164 cm³/mol. The maximum absolute atomic E-state index is 13.7. The van der Waals surface area contributed by atoms with Gasteiger partial charge in [-0.1, -0.05) is 24.3 Å². The minimum Gasteiger partial charge on any atom is -0.497 e. The molecule has 3 aliphatic rings. The molecule has 2 bridgehead atoms. The molecule has 2 amide bonds. The first-order valence-electron chi connectivity index (χ1n) is 14.9. The number of methoxy groups -OCH3 is 1. The van der Waals surface area contributed by atoms with Gasteiger partial charge in [-0.15, -0.1) is 0 Å². The number of likely N-dealkylation sites (N-methyl/N-ethyl adjacent to an activating group) is 1. The second-order valence-corrected chi connectivity index (χ2v) is 12.7. The summed E-state index contributed by atoms with van der Waals surface area (Å²) in [6, 6.07) is 13.8. The summed E-state index contributed by atoms with van der Waals surface area (Å²) in [5, 5.41) is 4.89. The number of ether oxygens (including phenoxy) is 3. The van der Waals surface area contributed by atoms with Crippen LogP contribution in [0, 0.1) is 0 Å². The van der Waals surface area contributed by atoms with E-state index in [4.69, 9.17) is 19.2 Å². The van der Waals surface area contributed by atoms with E-state index in [9.17, 15) is 9.59 Å². The minimum atomic E-state index is -0.554. The summed E-state index contributed by atoms with van der Waals surface area (Å²) < 4.78 is 17.2. The van der Waals surface area contributed by atoms with Gasteiger partial charge in [0.25, 0.3) is 5.91 Å². The average molecular weight is 589 g/mol. The summed E-state index contributed by atoms with van der Waals surface area (Å²) in [6.45, 7) is 8.22. The van der Waals surface area contributed by atoms with Gasteiger partial charge in [-0.05, 0) is 65.1 Å². The van der Waals surface area contributed by atoms with E-state index < -0.39 is 5.60 Å². The second-order valence-electron chi connectivity index (χ2n) is 12.7. The van der Waals surface area contributed by atoms with E-state index in [0.717, 1.165) is 36.6 Å². The van der Waals surface area contributed by atoms with Gasteiger partial charge in [0.1, 0.15) is 29.5 Å². The van der Waals surface area contributed by atoms with Gasteiger partial charge in [0.05, 0.1) is 24.9 Å². The molecular formula is C32H40N6O5. The first-order valence-corrected chi connectivity index (χ1v) is 14.9. The number of carbonyl (C=O) groups is 2. The summed E-state index contributed by atoms with van der Waals surface area (Å²) in [6.07, 6.45) is 2.68. The zero-order valence-corrected chi connectivity index (χ0v) is 25.5. The third kappa shape index (κ3) is 6.17. The van der Waals surface area contributed by atoms with Crippen LogP contribution in [0.15, 0.2) is 42.5 Å². The molecule has 11 nitrogen and oxygen atoms in total. The quantitative estimate of drug-likeness (QED) is 0.425. The van der Waals surface area contributed by atoms with Crippen molar-refractivity contribution in [2.75, 3.05) is 50.6 Å². The van der Waals surface area contributed by atoms with Crippen LogP contribution in [-0.2, 0) is 4.74 Å². The van der Waals surface area contributed by atoms with Gasteiger partial charge in [0, 0.05) is 36.7 Å². The van der Waals surface area contributed by atoms with Gasteiger partial charge in [-0.25, -0.2) is 4.79 Å². The van der Waals surface area contributed by atoms with Crippen LogP contribution < -0.4 is 19.7 Å². The smallest absolute Gasteiger partial charge is 0.410 e. The second kappa shape index (κ2) is 11.5. The van der Waals surface area contributed by atoms with E-state index in [0.29, 0.717) is 37.0 Å². The molecule has 0 aliphatic carbocycles. The largest absolute Gasteiger partial charge is 0.497 e. The fourth-order valence-corrected chi connectivity index (χ4v) is 6.28. The number of amides is 2. The topological polar surface area (TPSA) is 109 Å². The van der Waals surface area contributed by atoms with Crippen molar-refractivity contribution in [2.45, 2.75) is 63.8 Å². The van der Waals surface area contributed by atoms with E-state index >= 15 is 0 Å². The molecule has 0 unspecified atom stereocenters. The zero-order chi connectivity index (χ0) is 30.3. The molecule has 3 aromatic rings. The van der Waals surface area contributed by atoms with Crippen molar-refractivity contribution in [1.82, 2.24) is 19.8 Å². The van der Waals surface area contributed by atoms with Crippen molar-refractivity contribution in [2.24, 2.45) is 0 Å². The number of anilines is 2. The lowest BCUT2D eigenvalue weighted by Crippen LogP contribution is -2.50. The van der Waals surface area contributed by atoms with Gasteiger partial charge in [-0.3, -0.25) is 4.79 Å². The van der Waals surface area contributed by atoms with Crippen LogP contribution in [0.4, 0.5) is 16.3 Å². The van der Waals surface area contributed by atoms with Crippen LogP contribution in [0.1, 0.15) is 50.5 Å². The molecule has 43 heavy (non-hydrogen) atoms. The lowest BCUT2D eigenvalue weighted by molar-refractivity contribution is 0.0214. The van der Waals surface area contributed by atoms with E-state index in [1.807, 2.05) is 56.0 Å². The molecule has 4 heterocycles. The van der Waals surface area contributed by atoms with E-state index in [2.05, 4.69) is 27.1 Å². The Labute approximate surface area is 252 Å². The van der Waals surface area contributed by atoms with Gasteiger partial charge in [0.15, 0.2) is 0 Å². The molecule has 3 saturated heterocycles. The predicted octanol–water partition coefficient (Wildman–Crippen LogP) is 4.56. The zero-order valence-electron chi connectivity index (χ0n) is 25.5. The highest BCUT2D eigenvalue weighted by molar-refractivity contribution is 6.09. The number of piperazine rings is 1. The number of carbonyl (C=O) groups excluding carboxylic acids is 2. The molecule has 1 N–H and O–H groups in total. The first kappa shape index (κ1) is 29.0. The van der Waals surface area contributed by atoms with Crippen molar-refractivity contribution >= 4 is 34.3 Å². The van der Waals surface area contributed by atoms with Crippen LogP contribution >= 0.6 is 0 Å². The Hall–Kier alpha value is -4.12. The number of benzene rings is 2. The maximum atomic E-state index is 13.7. The third-order valence-electron chi connectivity index (χ3n) is 8.48. The van der Waals surface area contributed by atoms with Gasteiger partial charge in [-0.2, -0.15) is 9.97 Å². The molecule has 228 valence electrons. The number of likely N-dealkylation sites (tertiary alicyclic amines) is 2. The molecule has 3 atom stereocenters. The number of aromatic nitrogens is 2. The van der Waals surface area contributed by atoms with E-state index in [1.54, 1.807) is 19.2 Å². The molecule has 0 radical (unpaired) electrons. The fourth-order valence-electron chi connectivity index (χ4n) is 6.28. The van der Waals surface area contributed by atoms with Crippen LogP contribution in [0.25, 0.3) is 10.8 Å². The molecule has 3 aliphatic heterocycles. The highest BCUT2D eigenvalue weighted by Crippen LogP contribution is 2.36. The number of rotatable bonds is 7. The van der Waals surface area contributed by atoms with Crippen LogP contribution in [0.5, 0.6) is 11.8 Å². The maximum Gasteiger partial charge on any atom is 0.410 e. The molecule has 1 aromatic heterocycles. The Morgan fingerprint density at radius 2 is 1.88 bits per heavy atom. The monoisotopic (exact) mass is 588 g/mol. The molecule has 2 aromatic carbocycles. The highest BCUT2D eigenvalue weighted by Gasteiger charge is 2.47. The Balaban J connectivity index is 1.26. The number of hydrogen-bond donors (Lipinski definition) is 1. The number of fused-ring (bicyclic) bond motifs is 3. The van der Waals surface area contributed by atoms with E-state index in [1.165, 1.54) is 0 Å². The third-order valence-corrected chi connectivity index (χ3v) is 8.48. The lowest BCUT2D eigenvalue weighted by Gasteiger charge is -2.35. The van der Waals surface area contributed by atoms with Crippen molar-refractivity contribution in [3.8, 4) is 11.8 Å². The molecule has 3 fully saturated rings.